The van der Waals surface area contributed by atoms with Crippen molar-refractivity contribution in [3.05, 3.63) is 42.2 Å². The zero-order valence-corrected chi connectivity index (χ0v) is 6.91. The summed E-state index contributed by atoms with van der Waals surface area (Å²) in [5.74, 6) is 0. The zero-order chi connectivity index (χ0) is 7.23. The van der Waals surface area contributed by atoms with E-state index in [4.69, 9.17) is 0 Å². The van der Waals surface area contributed by atoms with Crippen molar-refractivity contribution in [3.63, 3.8) is 0 Å². The van der Waals surface area contributed by atoms with E-state index in [2.05, 4.69) is 20.1 Å². The highest BCUT2D eigenvalue weighted by Crippen LogP contribution is 2.01. The summed E-state index contributed by atoms with van der Waals surface area (Å²) in [6.07, 6.45) is 3.45. The Balaban J connectivity index is 2.67. The van der Waals surface area contributed by atoms with Crippen LogP contribution in [0.25, 0.3) is 6.08 Å². The van der Waals surface area contributed by atoms with Crippen LogP contribution < -0.4 is 0 Å². The second-order valence-corrected chi connectivity index (χ2v) is 2.18. The van der Waals surface area contributed by atoms with Crippen molar-refractivity contribution in [1.29, 1.82) is 0 Å². The lowest BCUT2D eigenvalue weighted by Crippen LogP contribution is -1.66. The SMILES string of the molecule is BrOC=Cc1ccccc1. The smallest absolute Gasteiger partial charge is 0.178 e. The number of benzene rings is 1. The molecular weight excluding hydrogens is 192 g/mol. The van der Waals surface area contributed by atoms with E-state index in [1.165, 1.54) is 0 Å². The Hall–Kier alpha value is -0.760. The first-order chi connectivity index (χ1) is 4.93. The molecule has 0 amide bonds. The molecule has 2 heteroatoms. The molecule has 10 heavy (non-hydrogen) atoms. The molecule has 0 aromatic heterocycles. The molecule has 0 heterocycles. The summed E-state index contributed by atoms with van der Waals surface area (Å²) in [7, 11) is 0. The minimum atomic E-state index is 1.13. The second-order valence-electron chi connectivity index (χ2n) is 1.80. The van der Waals surface area contributed by atoms with Crippen molar-refractivity contribution in [1.82, 2.24) is 0 Å². The van der Waals surface area contributed by atoms with Crippen LogP contribution in [0.15, 0.2) is 36.6 Å². The van der Waals surface area contributed by atoms with Crippen LogP contribution in [0.2, 0.25) is 0 Å². The van der Waals surface area contributed by atoms with Gasteiger partial charge in [-0.25, -0.2) is 0 Å². The van der Waals surface area contributed by atoms with Crippen LogP contribution in [0.5, 0.6) is 0 Å². The van der Waals surface area contributed by atoms with Crippen molar-refractivity contribution in [2.24, 2.45) is 0 Å². The first kappa shape index (κ1) is 7.35. The molecule has 1 aromatic carbocycles. The van der Waals surface area contributed by atoms with Crippen molar-refractivity contribution in [2.75, 3.05) is 0 Å². The van der Waals surface area contributed by atoms with E-state index < -0.39 is 0 Å². The average molecular weight is 199 g/mol. The predicted octanol–water partition coefficient (Wildman–Crippen LogP) is 2.98. The lowest BCUT2D eigenvalue weighted by molar-refractivity contribution is 0.603. The predicted molar refractivity (Wildman–Crippen MR) is 45.5 cm³/mol. The third-order valence-corrected chi connectivity index (χ3v) is 1.33. The summed E-state index contributed by atoms with van der Waals surface area (Å²) in [5, 5.41) is 0. The number of hydrogen-bond donors (Lipinski definition) is 0. The third kappa shape index (κ3) is 2.23. The van der Waals surface area contributed by atoms with Gasteiger partial charge >= 0.3 is 0 Å². The van der Waals surface area contributed by atoms with Gasteiger partial charge in [0.2, 0.25) is 0 Å². The maximum atomic E-state index is 4.58. The molecule has 0 aliphatic heterocycles. The summed E-state index contributed by atoms with van der Waals surface area (Å²) in [5.41, 5.74) is 1.13. The Labute approximate surface area is 68.8 Å². The minimum absolute atomic E-state index is 1.13. The highest BCUT2D eigenvalue weighted by Gasteiger charge is 1.79. The Morgan fingerprint density at radius 2 is 1.90 bits per heavy atom. The summed E-state index contributed by atoms with van der Waals surface area (Å²) >= 11 is 2.82. The lowest BCUT2D eigenvalue weighted by Gasteiger charge is -1.88. The van der Waals surface area contributed by atoms with Crippen LogP contribution >= 0.6 is 16.3 Å². The molecule has 0 radical (unpaired) electrons. The number of rotatable bonds is 2. The fraction of sp³-hybridized carbons (Fsp3) is 0. The second kappa shape index (κ2) is 4.12. The van der Waals surface area contributed by atoms with E-state index in [9.17, 15) is 0 Å². The molecule has 0 bridgehead atoms. The minimum Gasteiger partial charge on any atom is -0.426 e. The van der Waals surface area contributed by atoms with Crippen LogP contribution in [0.4, 0.5) is 0 Å². The van der Waals surface area contributed by atoms with Gasteiger partial charge in [0.15, 0.2) is 16.3 Å². The van der Waals surface area contributed by atoms with E-state index in [1.807, 2.05) is 36.4 Å². The van der Waals surface area contributed by atoms with Gasteiger partial charge in [-0.05, 0) is 11.6 Å². The molecule has 52 valence electrons. The zero-order valence-electron chi connectivity index (χ0n) is 5.33. The molecule has 1 nitrogen and oxygen atoms in total. The summed E-state index contributed by atoms with van der Waals surface area (Å²) < 4.78 is 4.58. The van der Waals surface area contributed by atoms with Crippen LogP contribution in [-0.4, -0.2) is 0 Å². The summed E-state index contributed by atoms with van der Waals surface area (Å²) in [6.45, 7) is 0. The molecule has 0 aliphatic carbocycles. The average Bonchev–Trinajstić information content (AvgIpc) is 2.03. The molecule has 0 fully saturated rings. The van der Waals surface area contributed by atoms with Crippen molar-refractivity contribution in [2.45, 2.75) is 0 Å². The van der Waals surface area contributed by atoms with Crippen molar-refractivity contribution < 1.29 is 3.83 Å². The topological polar surface area (TPSA) is 9.23 Å². The number of halogens is 1. The summed E-state index contributed by atoms with van der Waals surface area (Å²) in [6, 6.07) is 9.94. The molecule has 0 atom stereocenters. The van der Waals surface area contributed by atoms with Gasteiger partial charge in [-0.2, -0.15) is 0 Å². The van der Waals surface area contributed by atoms with Crippen LogP contribution in [0.1, 0.15) is 5.56 Å². The van der Waals surface area contributed by atoms with Gasteiger partial charge in [0.25, 0.3) is 0 Å². The normalized spacial score (nSPS) is 10.1. The molecule has 1 rings (SSSR count). The third-order valence-electron chi connectivity index (χ3n) is 1.11. The van der Waals surface area contributed by atoms with Crippen molar-refractivity contribution in [3.8, 4) is 0 Å². The highest BCUT2D eigenvalue weighted by molar-refractivity contribution is 9.06. The van der Waals surface area contributed by atoms with Gasteiger partial charge in [0.05, 0.1) is 0 Å². The van der Waals surface area contributed by atoms with Crippen LogP contribution in [-0.2, 0) is 3.83 Å². The van der Waals surface area contributed by atoms with Gasteiger partial charge in [0, 0.05) is 0 Å². The van der Waals surface area contributed by atoms with Gasteiger partial charge < -0.3 is 3.83 Å². The summed E-state index contributed by atoms with van der Waals surface area (Å²) in [4.78, 5) is 0. The molecule has 1 aromatic rings. The van der Waals surface area contributed by atoms with Gasteiger partial charge in [-0.15, -0.1) is 0 Å². The van der Waals surface area contributed by atoms with Crippen LogP contribution in [0.3, 0.4) is 0 Å². The Morgan fingerprint density at radius 3 is 2.50 bits per heavy atom. The van der Waals surface area contributed by atoms with Crippen molar-refractivity contribution >= 4 is 22.3 Å². The Kier molecular flexibility index (Phi) is 3.03. The lowest BCUT2D eigenvalue weighted by atomic mass is 10.2. The molecule has 0 saturated heterocycles. The molecule has 0 spiro atoms. The monoisotopic (exact) mass is 198 g/mol. The quantitative estimate of drug-likeness (QED) is 0.665. The molecule has 0 saturated carbocycles. The first-order valence-corrected chi connectivity index (χ1v) is 3.57. The maximum Gasteiger partial charge on any atom is 0.178 e. The first-order valence-electron chi connectivity index (χ1n) is 2.92. The van der Waals surface area contributed by atoms with E-state index in [0.717, 1.165) is 5.56 Å². The highest BCUT2D eigenvalue weighted by atomic mass is 79.9. The van der Waals surface area contributed by atoms with E-state index in [0.29, 0.717) is 0 Å². The fourth-order valence-corrected chi connectivity index (χ4v) is 0.776. The van der Waals surface area contributed by atoms with Crippen LogP contribution in [0, 0.1) is 0 Å². The standard InChI is InChI=1S/C8H7BrO/c9-10-7-6-8-4-2-1-3-5-8/h1-7H. The van der Waals surface area contributed by atoms with E-state index in [-0.39, 0.29) is 0 Å². The number of hydrogen-bond acceptors (Lipinski definition) is 1. The molecule has 0 N–H and O–H groups in total. The molecular formula is C8H7BrO. The van der Waals surface area contributed by atoms with Gasteiger partial charge in [0.1, 0.15) is 6.26 Å². The van der Waals surface area contributed by atoms with E-state index in [1.54, 1.807) is 6.26 Å². The largest absolute Gasteiger partial charge is 0.426 e. The molecule has 0 aliphatic rings. The van der Waals surface area contributed by atoms with E-state index >= 15 is 0 Å². The fourth-order valence-electron chi connectivity index (χ4n) is 0.668. The van der Waals surface area contributed by atoms with Gasteiger partial charge in [-0.3, -0.25) is 0 Å². The van der Waals surface area contributed by atoms with Gasteiger partial charge in [-0.1, -0.05) is 30.3 Å². The maximum absolute atomic E-state index is 4.58. The Morgan fingerprint density at radius 1 is 1.20 bits per heavy atom. The molecule has 0 unspecified atom stereocenters. The Bertz CT molecular complexity index is 206.